The van der Waals surface area contributed by atoms with Crippen molar-refractivity contribution < 1.29 is 19.1 Å². The Morgan fingerprint density at radius 1 is 1.20 bits per heavy atom. The molecule has 6 nitrogen and oxygen atoms in total. The van der Waals surface area contributed by atoms with Crippen LogP contribution < -0.4 is 0 Å². The molecule has 1 amide bonds. The van der Waals surface area contributed by atoms with Crippen molar-refractivity contribution in [2.75, 3.05) is 0 Å². The second-order valence-corrected chi connectivity index (χ2v) is 8.23. The highest BCUT2D eigenvalue weighted by Gasteiger charge is 2.38. The van der Waals surface area contributed by atoms with Crippen LogP contribution in [0.1, 0.15) is 48.2 Å². The third-order valence-electron chi connectivity index (χ3n) is 5.15. The van der Waals surface area contributed by atoms with Crippen LogP contribution >= 0.6 is 11.8 Å². The molecule has 1 aromatic heterocycles. The zero-order valence-electron chi connectivity index (χ0n) is 16.4. The normalized spacial score (nSPS) is 20.7. The molecule has 154 valence electrons. The fraction of sp³-hybridized carbons (Fsp3) is 0.261. The molecule has 4 rings (SSSR count). The van der Waals surface area contributed by atoms with E-state index in [-0.39, 0.29) is 17.5 Å². The van der Waals surface area contributed by atoms with Crippen molar-refractivity contribution in [1.82, 2.24) is 4.90 Å². The molecule has 1 aliphatic carbocycles. The number of amides is 1. The molecule has 2 aliphatic rings. The lowest BCUT2D eigenvalue weighted by Gasteiger charge is -2.30. The molecule has 2 fully saturated rings. The first-order chi connectivity index (χ1) is 14.6. The summed E-state index contributed by atoms with van der Waals surface area (Å²) in [6.07, 6.45) is 12.3. The van der Waals surface area contributed by atoms with Crippen LogP contribution in [0.2, 0.25) is 0 Å². The van der Waals surface area contributed by atoms with Gasteiger partial charge in [0.05, 0.1) is 22.4 Å². The molecular weight excluding hydrogens is 400 g/mol. The van der Waals surface area contributed by atoms with Gasteiger partial charge in [-0.15, -0.1) is 0 Å². The molecule has 1 saturated heterocycles. The van der Waals surface area contributed by atoms with Crippen LogP contribution in [0.4, 0.5) is 5.69 Å². The van der Waals surface area contributed by atoms with Crippen LogP contribution in [-0.2, 0) is 4.79 Å². The number of aromatic carboxylic acids is 1. The molecule has 7 heteroatoms. The predicted molar refractivity (Wildman–Crippen MR) is 118 cm³/mol. The van der Waals surface area contributed by atoms with E-state index < -0.39 is 5.97 Å². The van der Waals surface area contributed by atoms with Crippen LogP contribution in [0.3, 0.4) is 0 Å². The molecule has 0 bridgehead atoms. The summed E-state index contributed by atoms with van der Waals surface area (Å²) in [5.74, 6) is -0.338. The Morgan fingerprint density at radius 2 is 2.03 bits per heavy atom. The van der Waals surface area contributed by atoms with Crippen LogP contribution in [-0.4, -0.2) is 33.1 Å². The van der Waals surface area contributed by atoms with Gasteiger partial charge in [-0.2, -0.15) is 0 Å². The van der Waals surface area contributed by atoms with Gasteiger partial charge in [-0.25, -0.2) is 9.79 Å². The van der Waals surface area contributed by atoms with Crippen LogP contribution in [0.25, 0.3) is 6.08 Å². The van der Waals surface area contributed by atoms with Gasteiger partial charge in [0.25, 0.3) is 5.91 Å². The molecule has 2 heterocycles. The average molecular weight is 423 g/mol. The number of hydrogen-bond donors (Lipinski definition) is 1. The number of nitrogens with zero attached hydrogens (tertiary/aromatic N) is 2. The summed E-state index contributed by atoms with van der Waals surface area (Å²) in [5, 5.41) is 9.85. The largest absolute Gasteiger partial charge is 0.478 e. The van der Waals surface area contributed by atoms with Gasteiger partial charge in [0.15, 0.2) is 5.17 Å². The van der Waals surface area contributed by atoms with E-state index in [0.29, 0.717) is 21.5 Å². The number of furan rings is 1. The number of carboxylic acid groups (broad SMARTS) is 1. The van der Waals surface area contributed by atoms with E-state index in [2.05, 4.69) is 4.99 Å². The fourth-order valence-electron chi connectivity index (χ4n) is 3.68. The maximum atomic E-state index is 13.2. The minimum absolute atomic E-state index is 0.0517. The molecule has 1 N–H and O–H groups in total. The molecule has 1 aliphatic heterocycles. The number of carboxylic acids is 1. The molecule has 30 heavy (non-hydrogen) atoms. The van der Waals surface area contributed by atoms with Crippen LogP contribution in [0.15, 0.2) is 69.1 Å². The fourth-order valence-corrected chi connectivity index (χ4v) is 4.69. The Bertz CT molecular complexity index is 1020. The van der Waals surface area contributed by atoms with E-state index in [1.807, 2.05) is 12.1 Å². The van der Waals surface area contributed by atoms with Crippen LogP contribution in [0.5, 0.6) is 0 Å². The standard InChI is InChI=1S/C23H22N2O4S/c26-21-20(13-5-11-19-12-6-14-29-19)30-23(25(21)18-9-2-1-3-10-18)24-17-8-4-7-16(15-17)22(27)28/h4-8,11-15,18H,1-3,9-10H2,(H,27,28)/b11-5+,20-13+,24-23?. The highest BCUT2D eigenvalue weighted by atomic mass is 32.2. The Labute approximate surface area is 179 Å². The zero-order chi connectivity index (χ0) is 20.9. The Hall–Kier alpha value is -3.06. The van der Waals surface area contributed by atoms with Crippen molar-refractivity contribution in [3.63, 3.8) is 0 Å². The molecule has 2 aromatic rings. The molecule has 1 saturated carbocycles. The Kier molecular flexibility index (Phi) is 6.18. The molecule has 0 unspecified atom stereocenters. The van der Waals surface area contributed by atoms with Gasteiger partial charge in [0, 0.05) is 6.04 Å². The second-order valence-electron chi connectivity index (χ2n) is 7.22. The lowest BCUT2D eigenvalue weighted by Crippen LogP contribution is -2.40. The monoisotopic (exact) mass is 422 g/mol. The average Bonchev–Trinajstić information content (AvgIpc) is 3.37. The van der Waals surface area contributed by atoms with Gasteiger partial charge in [0.2, 0.25) is 0 Å². The van der Waals surface area contributed by atoms with E-state index in [9.17, 15) is 14.7 Å². The third-order valence-corrected chi connectivity index (χ3v) is 6.15. The summed E-state index contributed by atoms with van der Waals surface area (Å²) >= 11 is 1.33. The van der Waals surface area contributed by atoms with E-state index in [1.54, 1.807) is 41.5 Å². The molecule has 1 aromatic carbocycles. The maximum Gasteiger partial charge on any atom is 0.335 e. The van der Waals surface area contributed by atoms with Crippen molar-refractivity contribution in [1.29, 1.82) is 0 Å². The molecule has 0 atom stereocenters. The quantitative estimate of drug-likeness (QED) is 0.646. The van der Waals surface area contributed by atoms with Crippen molar-refractivity contribution in [2.24, 2.45) is 4.99 Å². The SMILES string of the molecule is O=C(O)c1cccc(N=C2S/C(=C/C=C/c3ccco3)C(=O)N2C2CCCCC2)c1. The number of thioether (sulfide) groups is 1. The first kappa shape index (κ1) is 20.2. The van der Waals surface area contributed by atoms with Gasteiger partial charge in [-0.05, 0) is 67.1 Å². The minimum atomic E-state index is -1.00. The van der Waals surface area contributed by atoms with E-state index in [0.717, 1.165) is 25.7 Å². The van der Waals surface area contributed by atoms with E-state index in [1.165, 1.54) is 30.3 Å². The highest BCUT2D eigenvalue weighted by Crippen LogP contribution is 2.37. The zero-order valence-corrected chi connectivity index (χ0v) is 17.2. The predicted octanol–water partition coefficient (Wildman–Crippen LogP) is 5.47. The Morgan fingerprint density at radius 3 is 2.77 bits per heavy atom. The minimum Gasteiger partial charge on any atom is -0.478 e. The van der Waals surface area contributed by atoms with Crippen molar-refractivity contribution in [3.05, 3.63) is 71.0 Å². The summed E-state index contributed by atoms with van der Waals surface area (Å²) in [5.41, 5.74) is 0.700. The topological polar surface area (TPSA) is 83.1 Å². The van der Waals surface area contributed by atoms with Gasteiger partial charge < -0.3 is 9.52 Å². The maximum absolute atomic E-state index is 13.2. The lowest BCUT2D eigenvalue weighted by atomic mass is 9.94. The van der Waals surface area contributed by atoms with Gasteiger partial charge in [-0.3, -0.25) is 9.69 Å². The number of allylic oxidation sites excluding steroid dienone is 2. The van der Waals surface area contributed by atoms with Crippen molar-refractivity contribution in [2.45, 2.75) is 38.1 Å². The lowest BCUT2D eigenvalue weighted by molar-refractivity contribution is -0.124. The van der Waals surface area contributed by atoms with Crippen molar-refractivity contribution >= 4 is 40.6 Å². The summed E-state index contributed by atoms with van der Waals surface area (Å²) in [4.78, 5) is 31.5. The summed E-state index contributed by atoms with van der Waals surface area (Å²) < 4.78 is 5.28. The Balaban J connectivity index is 1.64. The first-order valence-electron chi connectivity index (χ1n) is 9.97. The summed E-state index contributed by atoms with van der Waals surface area (Å²) in [6, 6.07) is 10.2. The molecular formula is C23H22N2O4S. The van der Waals surface area contributed by atoms with E-state index >= 15 is 0 Å². The second kappa shape index (κ2) is 9.17. The van der Waals surface area contributed by atoms with Gasteiger partial charge >= 0.3 is 5.97 Å². The van der Waals surface area contributed by atoms with E-state index in [4.69, 9.17) is 4.42 Å². The molecule has 0 radical (unpaired) electrons. The number of amidine groups is 1. The van der Waals surface area contributed by atoms with Gasteiger partial charge in [-0.1, -0.05) is 31.4 Å². The number of benzene rings is 1. The number of rotatable bonds is 5. The number of aliphatic imine (C=N–C) groups is 1. The summed E-state index contributed by atoms with van der Waals surface area (Å²) in [6.45, 7) is 0. The molecule has 0 spiro atoms. The first-order valence-corrected chi connectivity index (χ1v) is 10.8. The highest BCUT2D eigenvalue weighted by molar-refractivity contribution is 8.18. The number of hydrogen-bond acceptors (Lipinski definition) is 5. The summed E-state index contributed by atoms with van der Waals surface area (Å²) in [7, 11) is 0. The smallest absolute Gasteiger partial charge is 0.335 e. The number of carbonyl (C=O) groups excluding carboxylic acids is 1. The number of carbonyl (C=O) groups is 2. The van der Waals surface area contributed by atoms with Gasteiger partial charge in [0.1, 0.15) is 5.76 Å². The van der Waals surface area contributed by atoms with Crippen LogP contribution in [0, 0.1) is 0 Å². The van der Waals surface area contributed by atoms with Crippen molar-refractivity contribution in [3.8, 4) is 0 Å². The third kappa shape index (κ3) is 4.57.